The van der Waals surface area contributed by atoms with Crippen LogP contribution in [-0.4, -0.2) is 20.2 Å². The maximum absolute atomic E-state index is 12.5. The third-order valence-corrected chi connectivity index (χ3v) is 4.80. The number of nitrogens with one attached hydrogen (secondary N) is 1. The minimum Gasteiger partial charge on any atom is -0.415 e. The number of benzene rings is 1. The molecule has 1 saturated carbocycles. The van der Waals surface area contributed by atoms with Gasteiger partial charge < -0.3 is 9.73 Å². The fourth-order valence-electron chi connectivity index (χ4n) is 3.00. The van der Waals surface area contributed by atoms with Crippen LogP contribution in [-0.2, 0) is 5.54 Å². The first-order valence-corrected chi connectivity index (χ1v) is 8.42. The number of nitrogens with zero attached hydrogens (tertiary/aromatic N) is 4. The zero-order valence-electron chi connectivity index (χ0n) is 13.5. The third kappa shape index (κ3) is 3.62. The quantitative estimate of drug-likeness (QED) is 0.638. The molecule has 1 aliphatic rings. The van der Waals surface area contributed by atoms with Gasteiger partial charge in [-0.1, -0.05) is 37.2 Å². The summed E-state index contributed by atoms with van der Waals surface area (Å²) in [4.78, 5) is 8.50. The summed E-state index contributed by atoms with van der Waals surface area (Å²) in [5.41, 5.74) is 1.09. The van der Waals surface area contributed by atoms with Crippen LogP contribution in [0.4, 0.5) is 14.7 Å². The van der Waals surface area contributed by atoms with Gasteiger partial charge in [0, 0.05) is 17.4 Å². The van der Waals surface area contributed by atoms with E-state index in [-0.39, 0.29) is 18.9 Å². The molecule has 2 heterocycles. The van der Waals surface area contributed by atoms with Crippen LogP contribution in [0.25, 0.3) is 11.5 Å². The minimum absolute atomic E-state index is 0. The Balaban J connectivity index is 0.00000210. The third-order valence-electron chi connectivity index (χ3n) is 4.47. The molecule has 0 atom stereocenters. The molecule has 0 radical (unpaired) electrons. The van der Waals surface area contributed by atoms with E-state index in [0.717, 1.165) is 24.8 Å². The second kappa shape index (κ2) is 7.56. The van der Waals surface area contributed by atoms with E-state index in [1.54, 1.807) is 0 Å². The highest BCUT2D eigenvalue weighted by atomic mass is 35.5. The molecule has 1 N–H and O–H groups in total. The van der Waals surface area contributed by atoms with E-state index < -0.39 is 12.3 Å². The molecule has 6 nitrogen and oxygen atoms in total. The summed E-state index contributed by atoms with van der Waals surface area (Å²) in [6, 6.07) is 7.69. The number of rotatable bonds is 5. The Morgan fingerprint density at radius 3 is 2.37 bits per heavy atom. The lowest BCUT2D eigenvalue weighted by atomic mass is 9.72. The van der Waals surface area contributed by atoms with Crippen molar-refractivity contribution in [2.45, 2.75) is 38.7 Å². The SMILES string of the molecule is C.FC(F)c1nnc(-c2cnc(NC3(c4ccccc4Cl)CCC3)nc2)o1. The molecule has 1 aliphatic carbocycles. The van der Waals surface area contributed by atoms with Crippen LogP contribution in [0, 0.1) is 0 Å². The van der Waals surface area contributed by atoms with E-state index >= 15 is 0 Å². The van der Waals surface area contributed by atoms with Gasteiger partial charge in [0.25, 0.3) is 11.8 Å². The molecular formula is C18H18ClF2N5O. The number of hydrogen-bond donors (Lipinski definition) is 1. The lowest BCUT2D eigenvalue weighted by Gasteiger charge is -2.43. The van der Waals surface area contributed by atoms with Crippen molar-refractivity contribution < 1.29 is 13.2 Å². The first kappa shape index (κ1) is 19.2. The number of anilines is 1. The van der Waals surface area contributed by atoms with Crippen LogP contribution in [0.5, 0.6) is 0 Å². The summed E-state index contributed by atoms with van der Waals surface area (Å²) in [5, 5.41) is 10.9. The van der Waals surface area contributed by atoms with Crippen molar-refractivity contribution in [2.75, 3.05) is 5.32 Å². The van der Waals surface area contributed by atoms with Gasteiger partial charge in [-0.25, -0.2) is 9.97 Å². The topological polar surface area (TPSA) is 76.7 Å². The zero-order valence-corrected chi connectivity index (χ0v) is 14.2. The minimum atomic E-state index is -2.81. The van der Waals surface area contributed by atoms with Gasteiger partial charge in [-0.2, -0.15) is 8.78 Å². The number of hydrogen-bond acceptors (Lipinski definition) is 6. The zero-order chi connectivity index (χ0) is 18.1. The van der Waals surface area contributed by atoms with Crippen LogP contribution >= 0.6 is 11.6 Å². The van der Waals surface area contributed by atoms with Gasteiger partial charge in [-0.15, -0.1) is 10.2 Å². The Kier molecular flexibility index (Phi) is 5.36. The summed E-state index contributed by atoms with van der Waals surface area (Å²) in [7, 11) is 0. The van der Waals surface area contributed by atoms with Gasteiger partial charge in [0.2, 0.25) is 5.95 Å². The van der Waals surface area contributed by atoms with Crippen LogP contribution in [0.3, 0.4) is 0 Å². The van der Waals surface area contributed by atoms with E-state index in [4.69, 9.17) is 16.0 Å². The molecule has 0 bridgehead atoms. The average Bonchev–Trinajstić information content (AvgIpc) is 3.10. The van der Waals surface area contributed by atoms with Gasteiger partial charge >= 0.3 is 6.43 Å². The van der Waals surface area contributed by atoms with E-state index in [0.29, 0.717) is 16.5 Å². The molecule has 0 saturated heterocycles. The van der Waals surface area contributed by atoms with Crippen LogP contribution in [0.15, 0.2) is 41.1 Å². The summed E-state index contributed by atoms with van der Waals surface area (Å²) < 4.78 is 30.0. The Morgan fingerprint density at radius 2 is 1.81 bits per heavy atom. The van der Waals surface area contributed by atoms with Gasteiger partial charge in [-0.3, -0.25) is 0 Å². The van der Waals surface area contributed by atoms with Gasteiger partial charge in [0.15, 0.2) is 0 Å². The molecule has 0 amide bonds. The van der Waals surface area contributed by atoms with Crippen molar-refractivity contribution in [2.24, 2.45) is 0 Å². The van der Waals surface area contributed by atoms with Crippen LogP contribution < -0.4 is 5.32 Å². The Bertz CT molecular complexity index is 912. The highest BCUT2D eigenvalue weighted by molar-refractivity contribution is 6.31. The normalized spacial score (nSPS) is 15.1. The molecule has 9 heteroatoms. The molecule has 4 rings (SSSR count). The van der Waals surface area contributed by atoms with Crippen molar-refractivity contribution in [3.8, 4) is 11.5 Å². The van der Waals surface area contributed by atoms with Gasteiger partial charge in [0.1, 0.15) is 0 Å². The Hall–Kier alpha value is -2.61. The molecule has 0 spiro atoms. The molecule has 27 heavy (non-hydrogen) atoms. The van der Waals surface area contributed by atoms with Crippen molar-refractivity contribution in [3.05, 3.63) is 53.1 Å². The Labute approximate surface area is 160 Å². The summed E-state index contributed by atoms with van der Waals surface area (Å²) in [6.45, 7) is 0. The molecule has 0 aliphatic heterocycles. The highest BCUT2D eigenvalue weighted by Gasteiger charge is 2.40. The summed E-state index contributed by atoms with van der Waals surface area (Å²) >= 11 is 6.35. The second-order valence-corrected chi connectivity index (χ2v) is 6.49. The smallest absolute Gasteiger partial charge is 0.314 e. The fraction of sp³-hybridized carbons (Fsp3) is 0.333. The molecule has 0 unspecified atom stereocenters. The monoisotopic (exact) mass is 393 g/mol. The fourth-order valence-corrected chi connectivity index (χ4v) is 3.31. The van der Waals surface area contributed by atoms with Crippen LogP contribution in [0.2, 0.25) is 5.02 Å². The molecule has 1 fully saturated rings. The predicted octanol–water partition coefficient (Wildman–Crippen LogP) is 5.25. The second-order valence-electron chi connectivity index (χ2n) is 6.08. The molecule has 142 valence electrons. The highest BCUT2D eigenvalue weighted by Crippen LogP contribution is 2.45. The van der Waals surface area contributed by atoms with Gasteiger partial charge in [0.05, 0.1) is 11.1 Å². The molecular weight excluding hydrogens is 376 g/mol. The van der Waals surface area contributed by atoms with Crippen molar-refractivity contribution in [3.63, 3.8) is 0 Å². The van der Waals surface area contributed by atoms with Crippen molar-refractivity contribution in [1.29, 1.82) is 0 Å². The first-order valence-electron chi connectivity index (χ1n) is 8.04. The standard InChI is InChI=1S/C17H14ClF2N5O.CH4/c18-12-5-2-1-4-11(12)17(6-3-7-17)23-16-21-8-10(9-22-16)14-24-25-15(26-14)13(19)20;/h1-2,4-5,8-9,13H,3,6-7H2,(H,21,22,23);1H4. The lowest BCUT2D eigenvalue weighted by Crippen LogP contribution is -2.42. The van der Waals surface area contributed by atoms with E-state index in [1.165, 1.54) is 12.4 Å². The maximum atomic E-state index is 12.5. The van der Waals surface area contributed by atoms with Crippen molar-refractivity contribution in [1.82, 2.24) is 20.2 Å². The lowest BCUT2D eigenvalue weighted by molar-refractivity contribution is 0.116. The largest absolute Gasteiger partial charge is 0.415 e. The van der Waals surface area contributed by atoms with E-state index in [2.05, 4.69) is 25.5 Å². The summed E-state index contributed by atoms with van der Waals surface area (Å²) in [5.74, 6) is -0.354. The van der Waals surface area contributed by atoms with Crippen molar-refractivity contribution >= 4 is 17.5 Å². The van der Waals surface area contributed by atoms with E-state index in [1.807, 2.05) is 24.3 Å². The number of alkyl halides is 2. The average molecular weight is 394 g/mol. The molecule has 2 aromatic heterocycles. The number of halogens is 3. The summed E-state index contributed by atoms with van der Waals surface area (Å²) in [6.07, 6.45) is 3.02. The van der Waals surface area contributed by atoms with Crippen LogP contribution in [0.1, 0.15) is 44.6 Å². The Morgan fingerprint density at radius 1 is 1.11 bits per heavy atom. The van der Waals surface area contributed by atoms with Gasteiger partial charge in [-0.05, 0) is 30.9 Å². The first-order chi connectivity index (χ1) is 12.6. The maximum Gasteiger partial charge on any atom is 0.314 e. The molecule has 3 aromatic rings. The predicted molar refractivity (Wildman–Crippen MR) is 97.6 cm³/mol. The molecule has 1 aromatic carbocycles. The van der Waals surface area contributed by atoms with E-state index in [9.17, 15) is 8.78 Å². The number of aromatic nitrogens is 4.